The molecule has 0 saturated heterocycles. The number of methoxy groups -OCH3 is 4. The van der Waals surface area contributed by atoms with Crippen LogP contribution in [-0.2, 0) is 32.4 Å². The van der Waals surface area contributed by atoms with Crippen molar-refractivity contribution in [1.82, 2.24) is 15.0 Å². The van der Waals surface area contributed by atoms with Gasteiger partial charge in [0.2, 0.25) is 0 Å². The number of aromatic nitrogens is 3. The van der Waals surface area contributed by atoms with Gasteiger partial charge in [-0.2, -0.15) is 18.4 Å². The SMILES string of the molecule is COc1ccc(CN(Cc2ccc(OC)cc2)c2cc(C)c(C(F)(F)F)c(-c3c(Cl)cc4c(N(C)[C@H](C)c5cccnc5N(Cc5ccc(OC)cc5)Cc5ccc(OC)cc5)c(C#N)c(Cl)nc4c3F)n2)cc1. The smallest absolute Gasteiger partial charge is 0.418 e. The van der Waals surface area contributed by atoms with E-state index in [4.69, 9.17) is 47.1 Å². The van der Waals surface area contributed by atoms with Gasteiger partial charge in [0.25, 0.3) is 0 Å². The Morgan fingerprint density at radius 3 is 1.57 bits per heavy atom. The first-order chi connectivity index (χ1) is 35.5. The van der Waals surface area contributed by atoms with Crippen LogP contribution in [0, 0.1) is 24.1 Å². The van der Waals surface area contributed by atoms with Crippen LogP contribution in [0.1, 0.15) is 57.5 Å². The van der Waals surface area contributed by atoms with Crippen LogP contribution in [-0.4, -0.2) is 50.4 Å². The monoisotopic (exact) mass is 1040 g/mol. The van der Waals surface area contributed by atoms with Crippen LogP contribution in [0.3, 0.4) is 0 Å². The maximum absolute atomic E-state index is 17.8. The van der Waals surface area contributed by atoms with Gasteiger partial charge in [-0.1, -0.05) is 77.8 Å². The maximum atomic E-state index is 17.8. The van der Waals surface area contributed by atoms with E-state index in [1.165, 1.54) is 19.1 Å². The Bertz CT molecular complexity index is 3220. The number of benzene rings is 5. The molecule has 0 saturated carbocycles. The van der Waals surface area contributed by atoms with E-state index in [2.05, 4.69) is 20.9 Å². The molecule has 5 aromatic carbocycles. The fourth-order valence-corrected chi connectivity index (χ4v) is 9.45. The lowest BCUT2D eigenvalue weighted by atomic mass is 9.97. The molecule has 8 rings (SSSR count). The summed E-state index contributed by atoms with van der Waals surface area (Å²) in [5.74, 6) is 2.18. The molecule has 0 radical (unpaired) electrons. The van der Waals surface area contributed by atoms with E-state index < -0.39 is 45.4 Å². The van der Waals surface area contributed by atoms with E-state index in [0.29, 0.717) is 41.9 Å². The Kier molecular flexibility index (Phi) is 16.0. The third kappa shape index (κ3) is 11.2. The molecule has 0 aliphatic heterocycles. The Labute approximate surface area is 437 Å². The van der Waals surface area contributed by atoms with Crippen LogP contribution in [0.15, 0.2) is 128 Å². The molecule has 0 bridgehead atoms. The molecule has 11 nitrogen and oxygen atoms in total. The molecule has 8 aromatic rings. The van der Waals surface area contributed by atoms with Gasteiger partial charge >= 0.3 is 6.18 Å². The number of hydrogen-bond acceptors (Lipinski definition) is 11. The largest absolute Gasteiger partial charge is 0.497 e. The van der Waals surface area contributed by atoms with Gasteiger partial charge in [0, 0.05) is 50.4 Å². The molecule has 0 fully saturated rings. The summed E-state index contributed by atoms with van der Waals surface area (Å²) < 4.78 is 85.4. The average Bonchev–Trinajstić information content (AvgIpc) is 3.40. The van der Waals surface area contributed by atoms with Crippen molar-refractivity contribution in [2.24, 2.45) is 0 Å². The van der Waals surface area contributed by atoms with Crippen LogP contribution < -0.4 is 33.6 Å². The summed E-state index contributed by atoms with van der Waals surface area (Å²) >= 11 is 13.8. The number of ether oxygens (including phenoxy) is 4. The van der Waals surface area contributed by atoms with Gasteiger partial charge in [-0.05, 0) is 108 Å². The molecule has 0 aliphatic carbocycles. The Balaban J connectivity index is 1.25. The molecule has 0 aliphatic rings. The third-order valence-electron chi connectivity index (χ3n) is 12.9. The van der Waals surface area contributed by atoms with Crippen molar-refractivity contribution in [2.75, 3.05) is 50.2 Å². The highest BCUT2D eigenvalue weighted by Gasteiger charge is 2.39. The number of aryl methyl sites for hydroxylation is 1. The van der Waals surface area contributed by atoms with Crippen molar-refractivity contribution < 1.29 is 36.5 Å². The molecular weight excluding hydrogens is 994 g/mol. The van der Waals surface area contributed by atoms with Crippen LogP contribution in [0.25, 0.3) is 22.2 Å². The zero-order chi connectivity index (χ0) is 52.8. The number of rotatable bonds is 18. The standard InChI is InChI=1S/C57H51Cl2F4N7O4/c1-34-27-48(69(30-36-10-18-40(71-4)19-11-36)31-37-12-20-41(72-5)21-13-37)66-53(50(34)57(61,62)63)49-47(58)28-45-52(51(49)60)67-55(59)46(29-64)54(45)68(3)35(2)44-9-8-26-65-56(44)70(32-38-14-22-42(73-6)23-15-38)33-39-16-24-43(74-7)25-17-39/h8-28,35H,30-33H2,1-7H3/t35-/m1/s1. The highest BCUT2D eigenvalue weighted by atomic mass is 35.5. The normalized spacial score (nSPS) is 11.7. The molecule has 0 N–H and O–H groups in total. The molecule has 17 heteroatoms. The number of nitrogens with zero attached hydrogens (tertiary/aromatic N) is 7. The van der Waals surface area contributed by atoms with Crippen LogP contribution in [0.2, 0.25) is 10.2 Å². The summed E-state index contributed by atoms with van der Waals surface area (Å²) in [7, 11) is 8.02. The topological polar surface area (TPSA) is 109 Å². The molecule has 0 unspecified atom stereocenters. The molecule has 74 heavy (non-hydrogen) atoms. The lowest BCUT2D eigenvalue weighted by Gasteiger charge is -2.33. The van der Waals surface area contributed by atoms with E-state index in [-0.39, 0.29) is 46.3 Å². The number of pyridine rings is 3. The van der Waals surface area contributed by atoms with Crippen molar-refractivity contribution in [3.8, 4) is 40.3 Å². The van der Waals surface area contributed by atoms with Crippen molar-refractivity contribution in [3.63, 3.8) is 0 Å². The molecule has 0 spiro atoms. The fraction of sp³-hybridized carbons (Fsp3) is 0.228. The molecule has 0 amide bonds. The zero-order valence-electron chi connectivity index (χ0n) is 41.6. The van der Waals surface area contributed by atoms with Crippen molar-refractivity contribution in [3.05, 3.63) is 188 Å². The predicted molar refractivity (Wildman–Crippen MR) is 282 cm³/mol. The van der Waals surface area contributed by atoms with Crippen LogP contribution in [0.4, 0.5) is 34.9 Å². The quantitative estimate of drug-likeness (QED) is 0.0605. The second-order valence-corrected chi connectivity index (χ2v) is 18.3. The van der Waals surface area contributed by atoms with Crippen LogP contribution in [0.5, 0.6) is 23.0 Å². The van der Waals surface area contributed by atoms with Gasteiger partial charge < -0.3 is 33.6 Å². The number of alkyl halides is 3. The Morgan fingerprint density at radius 2 is 1.14 bits per heavy atom. The predicted octanol–water partition coefficient (Wildman–Crippen LogP) is 14.0. The maximum Gasteiger partial charge on any atom is 0.418 e. The summed E-state index contributed by atoms with van der Waals surface area (Å²) in [6, 6.07) is 37.8. The minimum atomic E-state index is -5.00. The Morgan fingerprint density at radius 1 is 0.676 bits per heavy atom. The first-order valence-electron chi connectivity index (χ1n) is 23.3. The van der Waals surface area contributed by atoms with Gasteiger partial charge in [0.1, 0.15) is 56.9 Å². The lowest BCUT2D eigenvalue weighted by molar-refractivity contribution is -0.137. The van der Waals surface area contributed by atoms with Crippen molar-refractivity contribution in [2.45, 2.75) is 52.2 Å². The summed E-state index contributed by atoms with van der Waals surface area (Å²) in [5, 5.41) is 9.93. The van der Waals surface area contributed by atoms with Gasteiger partial charge in [-0.15, -0.1) is 0 Å². The molecule has 1 atom stereocenters. The van der Waals surface area contributed by atoms with Crippen molar-refractivity contribution in [1.29, 1.82) is 5.26 Å². The summed E-state index contributed by atoms with van der Waals surface area (Å²) in [5.41, 5.74) is 1.12. The van der Waals surface area contributed by atoms with Crippen molar-refractivity contribution >= 4 is 51.4 Å². The molecule has 380 valence electrons. The first kappa shape index (κ1) is 52.5. The minimum absolute atomic E-state index is 0.0346. The number of hydrogen-bond donors (Lipinski definition) is 0. The van der Waals surface area contributed by atoms with Gasteiger partial charge in [0.15, 0.2) is 5.82 Å². The summed E-state index contributed by atoms with van der Waals surface area (Å²) in [4.78, 5) is 19.5. The average molecular weight is 1040 g/mol. The van der Waals surface area contributed by atoms with E-state index in [1.807, 2.05) is 85.8 Å². The van der Waals surface area contributed by atoms with E-state index in [1.54, 1.807) is 81.8 Å². The molecular formula is C57H51Cl2F4N7O4. The highest BCUT2D eigenvalue weighted by Crippen LogP contribution is 2.47. The summed E-state index contributed by atoms with van der Waals surface area (Å²) in [6.45, 7) is 4.45. The highest BCUT2D eigenvalue weighted by molar-refractivity contribution is 6.35. The first-order valence-corrected chi connectivity index (χ1v) is 24.0. The lowest BCUT2D eigenvalue weighted by Crippen LogP contribution is -2.29. The minimum Gasteiger partial charge on any atom is -0.497 e. The number of halogens is 6. The third-order valence-corrected chi connectivity index (χ3v) is 13.5. The number of nitriles is 1. The van der Waals surface area contributed by atoms with E-state index in [0.717, 1.165) is 27.8 Å². The molecule has 3 heterocycles. The van der Waals surface area contributed by atoms with E-state index >= 15 is 17.6 Å². The summed E-state index contributed by atoms with van der Waals surface area (Å²) in [6.07, 6.45) is -3.31. The van der Waals surface area contributed by atoms with Crippen LogP contribution >= 0.6 is 23.2 Å². The molecule has 3 aromatic heterocycles. The number of fused-ring (bicyclic) bond motifs is 1. The Hall–Kier alpha value is -7.80. The van der Waals surface area contributed by atoms with E-state index in [9.17, 15) is 5.26 Å². The fourth-order valence-electron chi connectivity index (χ4n) is 8.95. The van der Waals surface area contributed by atoms with Gasteiger partial charge in [0.05, 0.1) is 62.0 Å². The second kappa shape index (κ2) is 22.5. The van der Waals surface area contributed by atoms with Gasteiger partial charge in [-0.3, -0.25) is 0 Å². The van der Waals surface area contributed by atoms with Gasteiger partial charge in [-0.25, -0.2) is 19.3 Å². The second-order valence-electron chi connectivity index (χ2n) is 17.5. The number of anilines is 3. The zero-order valence-corrected chi connectivity index (χ0v) is 43.1.